The van der Waals surface area contributed by atoms with Crippen molar-refractivity contribution in [1.82, 2.24) is 0 Å². The van der Waals surface area contributed by atoms with Crippen LogP contribution < -0.4 is 0 Å². The summed E-state index contributed by atoms with van der Waals surface area (Å²) in [6.45, 7) is 6.02. The Bertz CT molecular complexity index is 246. The zero-order chi connectivity index (χ0) is 12.3. The van der Waals surface area contributed by atoms with Gasteiger partial charge in [0.15, 0.2) is 0 Å². The summed E-state index contributed by atoms with van der Waals surface area (Å²) in [7, 11) is 0. The fraction of sp³-hybridized carbons (Fsp3) is 0.846. The molecule has 3 N–H and O–H groups in total. The molecule has 1 rings (SSSR count). The van der Waals surface area contributed by atoms with Crippen molar-refractivity contribution in [3.05, 3.63) is 12.2 Å². The van der Waals surface area contributed by atoms with Crippen molar-refractivity contribution in [2.45, 2.75) is 45.8 Å². The molecule has 16 heavy (non-hydrogen) atoms. The number of hydrogen-bond acceptors (Lipinski definition) is 3. The third-order valence-corrected chi connectivity index (χ3v) is 3.58. The lowest BCUT2D eigenvalue weighted by Crippen LogP contribution is -2.41. The normalized spacial score (nSPS) is 36.5. The van der Waals surface area contributed by atoms with Crippen LogP contribution in [0, 0.1) is 17.3 Å². The van der Waals surface area contributed by atoms with Crippen LogP contribution in [-0.2, 0) is 0 Å². The first kappa shape index (κ1) is 13.7. The Balaban J connectivity index is 2.82. The maximum atomic E-state index is 9.76. The monoisotopic (exact) mass is 228 g/mol. The summed E-state index contributed by atoms with van der Waals surface area (Å²) in [6, 6.07) is 0. The van der Waals surface area contributed by atoms with E-state index in [0.717, 1.165) is 6.42 Å². The van der Waals surface area contributed by atoms with Crippen molar-refractivity contribution in [3.8, 4) is 0 Å². The Morgan fingerprint density at radius 1 is 1.44 bits per heavy atom. The minimum atomic E-state index is -0.456. The fourth-order valence-corrected chi connectivity index (χ4v) is 2.85. The van der Waals surface area contributed by atoms with Crippen LogP contribution in [0.25, 0.3) is 0 Å². The molecule has 0 aromatic carbocycles. The summed E-state index contributed by atoms with van der Waals surface area (Å²) in [5.41, 5.74) is -0.0313. The second kappa shape index (κ2) is 5.30. The van der Waals surface area contributed by atoms with Gasteiger partial charge < -0.3 is 15.3 Å². The van der Waals surface area contributed by atoms with Gasteiger partial charge >= 0.3 is 0 Å². The maximum absolute atomic E-state index is 9.76. The number of rotatable bonds is 3. The molecule has 3 heteroatoms. The van der Waals surface area contributed by atoms with Crippen molar-refractivity contribution in [2.24, 2.45) is 17.3 Å². The first-order valence-corrected chi connectivity index (χ1v) is 6.02. The van der Waals surface area contributed by atoms with Gasteiger partial charge in [0.05, 0.1) is 12.2 Å². The summed E-state index contributed by atoms with van der Waals surface area (Å²) in [6.07, 6.45) is 4.39. The standard InChI is InChI=1S/C13H24O3/c1-9(15)4-5-12-10(8-14)6-11(16)7-13(12,2)3/h4-5,9-12,14-16H,6-8H2,1-3H3/b5-4+/t9-,10+,11+,12+/m1/s1. The SMILES string of the molecule is C[C@@H](O)/C=C/[C@H]1[C@H](CO)C[C@H](O)CC1(C)C. The molecule has 0 aliphatic heterocycles. The predicted molar refractivity (Wildman–Crippen MR) is 63.9 cm³/mol. The molecular formula is C13H24O3. The van der Waals surface area contributed by atoms with E-state index >= 15 is 0 Å². The van der Waals surface area contributed by atoms with Crippen LogP contribution in [0.1, 0.15) is 33.6 Å². The molecule has 1 aliphatic rings. The highest BCUT2D eigenvalue weighted by molar-refractivity contribution is 5.03. The van der Waals surface area contributed by atoms with E-state index in [1.807, 2.05) is 6.08 Å². The van der Waals surface area contributed by atoms with Crippen LogP contribution in [0.15, 0.2) is 12.2 Å². The highest BCUT2D eigenvalue weighted by Crippen LogP contribution is 2.44. The minimum absolute atomic E-state index is 0.0313. The highest BCUT2D eigenvalue weighted by Gasteiger charge is 2.40. The van der Waals surface area contributed by atoms with E-state index in [4.69, 9.17) is 0 Å². The Hall–Kier alpha value is -0.380. The van der Waals surface area contributed by atoms with Gasteiger partial charge in [-0.2, -0.15) is 0 Å². The van der Waals surface area contributed by atoms with Crippen molar-refractivity contribution < 1.29 is 15.3 Å². The molecule has 0 spiro atoms. The Morgan fingerprint density at radius 3 is 2.56 bits per heavy atom. The summed E-state index contributed by atoms with van der Waals surface area (Å²) >= 11 is 0. The molecule has 1 fully saturated rings. The van der Waals surface area contributed by atoms with Crippen molar-refractivity contribution in [3.63, 3.8) is 0 Å². The van der Waals surface area contributed by atoms with Gasteiger partial charge in [0.2, 0.25) is 0 Å². The maximum Gasteiger partial charge on any atom is 0.0692 e. The van der Waals surface area contributed by atoms with Crippen LogP contribution in [0.2, 0.25) is 0 Å². The third kappa shape index (κ3) is 3.30. The smallest absolute Gasteiger partial charge is 0.0692 e. The summed E-state index contributed by atoms with van der Waals surface area (Å²) in [4.78, 5) is 0. The van der Waals surface area contributed by atoms with Gasteiger partial charge in [-0.05, 0) is 37.0 Å². The molecule has 1 saturated carbocycles. The molecular weight excluding hydrogens is 204 g/mol. The largest absolute Gasteiger partial charge is 0.396 e. The van der Waals surface area contributed by atoms with Crippen molar-refractivity contribution >= 4 is 0 Å². The van der Waals surface area contributed by atoms with E-state index in [1.165, 1.54) is 0 Å². The van der Waals surface area contributed by atoms with E-state index < -0.39 is 6.10 Å². The average molecular weight is 228 g/mol. The summed E-state index contributed by atoms with van der Waals surface area (Å²) in [5, 5.41) is 28.4. The van der Waals surface area contributed by atoms with Crippen LogP contribution in [-0.4, -0.2) is 34.1 Å². The average Bonchev–Trinajstić information content (AvgIpc) is 2.13. The van der Waals surface area contributed by atoms with Gasteiger partial charge in [-0.1, -0.05) is 26.0 Å². The van der Waals surface area contributed by atoms with Gasteiger partial charge in [0.25, 0.3) is 0 Å². The van der Waals surface area contributed by atoms with Crippen LogP contribution in [0.4, 0.5) is 0 Å². The molecule has 0 heterocycles. The molecule has 0 unspecified atom stereocenters. The van der Waals surface area contributed by atoms with E-state index in [0.29, 0.717) is 6.42 Å². The molecule has 0 amide bonds. The number of allylic oxidation sites excluding steroid dienone is 1. The molecule has 1 aliphatic carbocycles. The summed E-state index contributed by atoms with van der Waals surface area (Å²) in [5.74, 6) is 0.309. The lowest BCUT2D eigenvalue weighted by Gasteiger charge is -2.44. The van der Waals surface area contributed by atoms with Gasteiger partial charge in [-0.3, -0.25) is 0 Å². The van der Waals surface area contributed by atoms with Crippen molar-refractivity contribution in [2.75, 3.05) is 6.61 Å². The summed E-state index contributed by atoms with van der Waals surface area (Å²) < 4.78 is 0. The van der Waals surface area contributed by atoms with E-state index in [-0.39, 0.29) is 30.0 Å². The minimum Gasteiger partial charge on any atom is -0.396 e. The number of aliphatic hydroxyl groups excluding tert-OH is 3. The van der Waals surface area contributed by atoms with Gasteiger partial charge in [-0.15, -0.1) is 0 Å². The predicted octanol–water partition coefficient (Wildman–Crippen LogP) is 1.33. The fourth-order valence-electron chi connectivity index (χ4n) is 2.85. The van der Waals surface area contributed by atoms with Gasteiger partial charge in [0, 0.05) is 6.61 Å². The molecule has 0 bridgehead atoms. The molecule has 0 aromatic rings. The van der Waals surface area contributed by atoms with Gasteiger partial charge in [-0.25, -0.2) is 0 Å². The van der Waals surface area contributed by atoms with E-state index in [2.05, 4.69) is 13.8 Å². The van der Waals surface area contributed by atoms with Gasteiger partial charge in [0.1, 0.15) is 0 Å². The second-order valence-electron chi connectivity index (χ2n) is 5.68. The zero-order valence-electron chi connectivity index (χ0n) is 10.4. The lowest BCUT2D eigenvalue weighted by atomic mass is 9.63. The topological polar surface area (TPSA) is 60.7 Å². The number of hydrogen-bond donors (Lipinski definition) is 3. The molecule has 0 saturated heterocycles. The van der Waals surface area contributed by atoms with Crippen molar-refractivity contribution in [1.29, 1.82) is 0 Å². The first-order chi connectivity index (χ1) is 7.36. The molecule has 3 nitrogen and oxygen atoms in total. The van der Waals surface area contributed by atoms with Crippen LogP contribution >= 0.6 is 0 Å². The lowest BCUT2D eigenvalue weighted by molar-refractivity contribution is -0.0172. The molecule has 94 valence electrons. The van der Waals surface area contributed by atoms with E-state index in [9.17, 15) is 15.3 Å². The second-order valence-corrected chi connectivity index (χ2v) is 5.68. The first-order valence-electron chi connectivity index (χ1n) is 6.02. The quantitative estimate of drug-likeness (QED) is 0.639. The zero-order valence-corrected chi connectivity index (χ0v) is 10.4. The Labute approximate surface area is 97.8 Å². The molecule has 0 radical (unpaired) electrons. The molecule has 4 atom stereocenters. The Morgan fingerprint density at radius 2 is 2.06 bits per heavy atom. The van der Waals surface area contributed by atoms with Crippen LogP contribution in [0.5, 0.6) is 0 Å². The van der Waals surface area contributed by atoms with Crippen LogP contribution in [0.3, 0.4) is 0 Å². The highest BCUT2D eigenvalue weighted by atomic mass is 16.3. The molecule has 0 aromatic heterocycles. The third-order valence-electron chi connectivity index (χ3n) is 3.58. The Kier molecular flexibility index (Phi) is 4.53. The number of aliphatic hydroxyl groups is 3. The van der Waals surface area contributed by atoms with E-state index in [1.54, 1.807) is 13.0 Å².